The third-order valence-corrected chi connectivity index (χ3v) is 2.90. The minimum absolute atomic E-state index is 0.118. The Bertz CT molecular complexity index is 358. The minimum atomic E-state index is -0.677. The molecule has 15 heavy (non-hydrogen) atoms. The van der Waals surface area contributed by atoms with Gasteiger partial charge in [-0.15, -0.1) is 0 Å². The molecule has 1 aliphatic rings. The molecule has 0 aromatic heterocycles. The molecule has 1 heterocycles. The molecule has 0 radical (unpaired) electrons. The SMILES string of the molecule is CC1(CN)OCC(c2ccccc2Cl)O1. The fraction of sp³-hybridized carbons (Fsp3) is 0.455. The van der Waals surface area contributed by atoms with Crippen molar-refractivity contribution in [3.8, 4) is 0 Å². The van der Waals surface area contributed by atoms with Crippen LogP contribution in [-0.4, -0.2) is 18.9 Å². The highest BCUT2D eigenvalue weighted by atomic mass is 35.5. The summed E-state index contributed by atoms with van der Waals surface area (Å²) in [7, 11) is 0. The highest BCUT2D eigenvalue weighted by Gasteiger charge is 2.37. The van der Waals surface area contributed by atoms with Crippen LogP contribution in [0.15, 0.2) is 24.3 Å². The molecule has 4 heteroatoms. The van der Waals surface area contributed by atoms with Gasteiger partial charge in [0.15, 0.2) is 5.79 Å². The van der Waals surface area contributed by atoms with Crippen LogP contribution in [0.3, 0.4) is 0 Å². The van der Waals surface area contributed by atoms with Crippen LogP contribution in [0.25, 0.3) is 0 Å². The Morgan fingerprint density at radius 2 is 2.27 bits per heavy atom. The summed E-state index contributed by atoms with van der Waals surface area (Å²) in [5, 5.41) is 0.701. The number of halogens is 1. The molecule has 0 aliphatic carbocycles. The van der Waals surface area contributed by atoms with Crippen molar-refractivity contribution in [3.63, 3.8) is 0 Å². The number of rotatable bonds is 2. The number of benzene rings is 1. The third-order valence-electron chi connectivity index (χ3n) is 2.55. The molecule has 2 rings (SSSR count). The molecule has 1 saturated heterocycles. The van der Waals surface area contributed by atoms with Gasteiger partial charge in [-0.1, -0.05) is 29.8 Å². The Hall–Kier alpha value is -0.610. The molecule has 2 N–H and O–H groups in total. The van der Waals surface area contributed by atoms with E-state index in [1.54, 1.807) is 0 Å². The standard InChI is InChI=1S/C11H14ClNO2/c1-11(7-13)14-6-10(15-11)8-4-2-3-5-9(8)12/h2-5,10H,6-7,13H2,1H3. The Labute approximate surface area is 94.1 Å². The van der Waals surface area contributed by atoms with Crippen molar-refractivity contribution in [2.24, 2.45) is 5.73 Å². The summed E-state index contributed by atoms with van der Waals surface area (Å²) in [6, 6.07) is 7.61. The number of hydrogen-bond acceptors (Lipinski definition) is 3. The third kappa shape index (κ3) is 2.16. The fourth-order valence-electron chi connectivity index (χ4n) is 1.62. The van der Waals surface area contributed by atoms with Crippen LogP contribution in [0, 0.1) is 0 Å². The van der Waals surface area contributed by atoms with Gasteiger partial charge in [0.25, 0.3) is 0 Å². The van der Waals surface area contributed by atoms with Crippen LogP contribution in [0.1, 0.15) is 18.6 Å². The molecule has 0 amide bonds. The Morgan fingerprint density at radius 1 is 1.53 bits per heavy atom. The van der Waals surface area contributed by atoms with Crippen molar-refractivity contribution < 1.29 is 9.47 Å². The van der Waals surface area contributed by atoms with Gasteiger partial charge >= 0.3 is 0 Å². The second kappa shape index (κ2) is 4.10. The predicted molar refractivity (Wildman–Crippen MR) is 58.7 cm³/mol. The van der Waals surface area contributed by atoms with E-state index in [-0.39, 0.29) is 6.10 Å². The van der Waals surface area contributed by atoms with Crippen molar-refractivity contribution in [3.05, 3.63) is 34.9 Å². The van der Waals surface area contributed by atoms with E-state index in [0.29, 0.717) is 18.2 Å². The molecule has 0 saturated carbocycles. The fourth-order valence-corrected chi connectivity index (χ4v) is 1.87. The van der Waals surface area contributed by atoms with E-state index >= 15 is 0 Å². The lowest BCUT2D eigenvalue weighted by Crippen LogP contribution is -2.35. The van der Waals surface area contributed by atoms with Gasteiger partial charge in [0.1, 0.15) is 6.10 Å². The summed E-state index contributed by atoms with van der Waals surface area (Å²) in [5.74, 6) is -0.677. The molecule has 0 spiro atoms. The van der Waals surface area contributed by atoms with E-state index in [4.69, 9.17) is 26.8 Å². The molecule has 1 aliphatic heterocycles. The van der Waals surface area contributed by atoms with E-state index in [1.165, 1.54) is 0 Å². The first-order chi connectivity index (χ1) is 7.14. The smallest absolute Gasteiger partial charge is 0.178 e. The molecular formula is C11H14ClNO2. The largest absolute Gasteiger partial charge is 0.346 e. The van der Waals surface area contributed by atoms with Crippen molar-refractivity contribution >= 4 is 11.6 Å². The first-order valence-corrected chi connectivity index (χ1v) is 5.29. The van der Waals surface area contributed by atoms with E-state index in [1.807, 2.05) is 31.2 Å². The van der Waals surface area contributed by atoms with Crippen LogP contribution in [0.4, 0.5) is 0 Å². The summed E-state index contributed by atoms with van der Waals surface area (Å²) >= 11 is 6.07. The lowest BCUT2D eigenvalue weighted by Gasteiger charge is -2.21. The molecule has 1 aromatic carbocycles. The monoisotopic (exact) mass is 227 g/mol. The zero-order chi connectivity index (χ0) is 10.9. The zero-order valence-corrected chi connectivity index (χ0v) is 9.33. The average Bonchev–Trinajstić information content (AvgIpc) is 2.63. The molecule has 2 unspecified atom stereocenters. The number of hydrogen-bond donors (Lipinski definition) is 1. The summed E-state index contributed by atoms with van der Waals surface area (Å²) in [6.07, 6.45) is -0.118. The van der Waals surface area contributed by atoms with Gasteiger partial charge in [-0.05, 0) is 13.0 Å². The topological polar surface area (TPSA) is 44.5 Å². The Morgan fingerprint density at radius 3 is 2.87 bits per heavy atom. The second-order valence-corrected chi connectivity index (χ2v) is 4.18. The van der Waals surface area contributed by atoms with Gasteiger partial charge in [0, 0.05) is 17.1 Å². The van der Waals surface area contributed by atoms with Gasteiger partial charge in [-0.25, -0.2) is 0 Å². The van der Waals surface area contributed by atoms with E-state index in [0.717, 1.165) is 5.56 Å². The van der Waals surface area contributed by atoms with Gasteiger partial charge < -0.3 is 15.2 Å². The molecule has 1 fully saturated rings. The highest BCUT2D eigenvalue weighted by Crippen LogP contribution is 2.35. The minimum Gasteiger partial charge on any atom is -0.346 e. The van der Waals surface area contributed by atoms with Crippen LogP contribution in [0.2, 0.25) is 5.02 Å². The van der Waals surface area contributed by atoms with Crippen molar-refractivity contribution in [1.29, 1.82) is 0 Å². The number of ether oxygens (including phenoxy) is 2. The first kappa shape index (κ1) is 10.9. The highest BCUT2D eigenvalue weighted by molar-refractivity contribution is 6.31. The van der Waals surface area contributed by atoms with Crippen LogP contribution in [0.5, 0.6) is 0 Å². The van der Waals surface area contributed by atoms with E-state index in [9.17, 15) is 0 Å². The maximum absolute atomic E-state index is 6.07. The first-order valence-electron chi connectivity index (χ1n) is 4.91. The lowest BCUT2D eigenvalue weighted by atomic mass is 10.1. The maximum Gasteiger partial charge on any atom is 0.178 e. The molecule has 1 aromatic rings. The van der Waals surface area contributed by atoms with Gasteiger partial charge in [-0.2, -0.15) is 0 Å². The van der Waals surface area contributed by atoms with Crippen LogP contribution in [-0.2, 0) is 9.47 Å². The van der Waals surface area contributed by atoms with E-state index in [2.05, 4.69) is 0 Å². The molecule has 2 atom stereocenters. The molecule has 3 nitrogen and oxygen atoms in total. The quantitative estimate of drug-likeness (QED) is 0.842. The second-order valence-electron chi connectivity index (χ2n) is 3.78. The molecule has 0 bridgehead atoms. The van der Waals surface area contributed by atoms with Crippen molar-refractivity contribution in [2.45, 2.75) is 18.8 Å². The van der Waals surface area contributed by atoms with Crippen molar-refractivity contribution in [1.82, 2.24) is 0 Å². The zero-order valence-electron chi connectivity index (χ0n) is 8.57. The summed E-state index contributed by atoms with van der Waals surface area (Å²) in [5.41, 5.74) is 6.52. The molecular weight excluding hydrogens is 214 g/mol. The van der Waals surface area contributed by atoms with Gasteiger partial charge in [0.2, 0.25) is 0 Å². The van der Waals surface area contributed by atoms with Crippen LogP contribution < -0.4 is 5.73 Å². The van der Waals surface area contributed by atoms with Gasteiger partial charge in [0.05, 0.1) is 6.61 Å². The van der Waals surface area contributed by atoms with Crippen molar-refractivity contribution in [2.75, 3.05) is 13.2 Å². The van der Waals surface area contributed by atoms with E-state index < -0.39 is 5.79 Å². The summed E-state index contributed by atoms with van der Waals surface area (Å²) < 4.78 is 11.2. The predicted octanol–water partition coefficient (Wildman–Crippen LogP) is 2.10. The normalized spacial score (nSPS) is 30.7. The Balaban J connectivity index is 2.18. The van der Waals surface area contributed by atoms with Gasteiger partial charge in [-0.3, -0.25) is 0 Å². The summed E-state index contributed by atoms with van der Waals surface area (Å²) in [4.78, 5) is 0. The van der Waals surface area contributed by atoms with Crippen LogP contribution >= 0.6 is 11.6 Å². The number of nitrogens with two attached hydrogens (primary N) is 1. The average molecular weight is 228 g/mol. The summed E-state index contributed by atoms with van der Waals surface area (Å²) in [6.45, 7) is 2.68. The lowest BCUT2D eigenvalue weighted by molar-refractivity contribution is -0.145. The maximum atomic E-state index is 6.07. The molecule has 82 valence electrons. The Kier molecular flexibility index (Phi) is 2.98.